The summed E-state index contributed by atoms with van der Waals surface area (Å²) in [5.41, 5.74) is -3.00. The van der Waals surface area contributed by atoms with Crippen molar-refractivity contribution in [3.8, 4) is 5.75 Å². The van der Waals surface area contributed by atoms with Gasteiger partial charge in [-0.25, -0.2) is 4.39 Å². The summed E-state index contributed by atoms with van der Waals surface area (Å²) in [6, 6.07) is 8.61. The standard InChI is InChI=1S/C21H21F4NO4/c1-28-18-7-4-14(21(23,24)25)8-16(18)19(27)10-20(12-29-11-19)26-17(9-30-20)13-2-5-15(22)6-3-13/h2-8,17,26-27H,9-12H2,1H3/t17-,19-,20?/m1/s1. The van der Waals surface area contributed by atoms with E-state index in [1.165, 1.54) is 25.3 Å². The van der Waals surface area contributed by atoms with Crippen molar-refractivity contribution in [2.45, 2.75) is 30.0 Å². The van der Waals surface area contributed by atoms with Crippen LogP contribution in [0.2, 0.25) is 0 Å². The van der Waals surface area contributed by atoms with Gasteiger partial charge in [0, 0.05) is 12.0 Å². The molecule has 1 spiro atoms. The molecule has 2 aromatic rings. The summed E-state index contributed by atoms with van der Waals surface area (Å²) in [6.45, 7) is 0.137. The minimum absolute atomic E-state index is 0.0190. The highest BCUT2D eigenvalue weighted by Gasteiger charge is 2.52. The van der Waals surface area contributed by atoms with Gasteiger partial charge in [-0.3, -0.25) is 5.32 Å². The zero-order valence-electron chi connectivity index (χ0n) is 16.1. The molecule has 4 rings (SSSR count). The topological polar surface area (TPSA) is 60.0 Å². The summed E-state index contributed by atoms with van der Waals surface area (Å²) in [5, 5.41) is 14.6. The van der Waals surface area contributed by atoms with Crippen molar-refractivity contribution in [2.24, 2.45) is 0 Å². The van der Waals surface area contributed by atoms with Crippen LogP contribution in [0, 0.1) is 5.82 Å². The Morgan fingerprint density at radius 2 is 1.87 bits per heavy atom. The Bertz CT molecular complexity index is 920. The summed E-state index contributed by atoms with van der Waals surface area (Å²) in [5.74, 6) is -0.237. The van der Waals surface area contributed by atoms with Crippen LogP contribution in [0.5, 0.6) is 5.75 Å². The van der Waals surface area contributed by atoms with E-state index in [0.29, 0.717) is 0 Å². The zero-order valence-corrected chi connectivity index (χ0v) is 16.1. The van der Waals surface area contributed by atoms with Gasteiger partial charge in [0.05, 0.1) is 38.5 Å². The molecule has 2 fully saturated rings. The van der Waals surface area contributed by atoms with Crippen LogP contribution < -0.4 is 10.1 Å². The van der Waals surface area contributed by atoms with E-state index in [-0.39, 0.29) is 49.4 Å². The minimum Gasteiger partial charge on any atom is -0.496 e. The molecular formula is C21H21F4NO4. The second kappa shape index (κ2) is 7.49. The number of nitrogens with one attached hydrogen (secondary N) is 1. The Labute approximate surface area is 170 Å². The van der Waals surface area contributed by atoms with Crippen molar-refractivity contribution < 1.29 is 36.9 Å². The summed E-state index contributed by atoms with van der Waals surface area (Å²) in [4.78, 5) is 0. The average molecular weight is 427 g/mol. The van der Waals surface area contributed by atoms with Crippen LogP contribution in [-0.4, -0.2) is 37.8 Å². The molecule has 1 unspecified atom stereocenters. The van der Waals surface area contributed by atoms with Crippen molar-refractivity contribution in [1.82, 2.24) is 5.32 Å². The van der Waals surface area contributed by atoms with E-state index in [1.54, 1.807) is 12.1 Å². The van der Waals surface area contributed by atoms with Crippen LogP contribution in [-0.2, 0) is 21.3 Å². The zero-order chi connectivity index (χ0) is 21.6. The molecule has 0 radical (unpaired) electrons. The Morgan fingerprint density at radius 1 is 1.13 bits per heavy atom. The van der Waals surface area contributed by atoms with Gasteiger partial charge in [0.1, 0.15) is 22.9 Å². The predicted octanol–water partition coefficient (Wildman–Crippen LogP) is 3.52. The first kappa shape index (κ1) is 21.0. The first-order chi connectivity index (χ1) is 14.1. The largest absolute Gasteiger partial charge is 0.496 e. The average Bonchev–Trinajstić information content (AvgIpc) is 3.10. The van der Waals surface area contributed by atoms with Gasteiger partial charge in [-0.05, 0) is 35.9 Å². The smallest absolute Gasteiger partial charge is 0.416 e. The van der Waals surface area contributed by atoms with Gasteiger partial charge < -0.3 is 19.3 Å². The number of alkyl halides is 3. The summed E-state index contributed by atoms with van der Waals surface area (Å²) >= 11 is 0. The van der Waals surface area contributed by atoms with Gasteiger partial charge in [-0.2, -0.15) is 13.2 Å². The van der Waals surface area contributed by atoms with E-state index < -0.39 is 23.1 Å². The maximum atomic E-state index is 13.2. The number of ether oxygens (including phenoxy) is 3. The summed E-state index contributed by atoms with van der Waals surface area (Å²) < 4.78 is 69.6. The molecular weight excluding hydrogens is 406 g/mol. The lowest BCUT2D eigenvalue weighted by Crippen LogP contribution is -2.57. The van der Waals surface area contributed by atoms with Gasteiger partial charge in [0.25, 0.3) is 0 Å². The van der Waals surface area contributed by atoms with E-state index in [0.717, 1.165) is 17.7 Å². The lowest BCUT2D eigenvalue weighted by atomic mass is 9.83. The first-order valence-corrected chi connectivity index (χ1v) is 9.37. The molecule has 0 saturated carbocycles. The molecule has 2 saturated heterocycles. The molecule has 2 aromatic carbocycles. The van der Waals surface area contributed by atoms with Crippen molar-refractivity contribution in [3.05, 3.63) is 65.0 Å². The van der Waals surface area contributed by atoms with Gasteiger partial charge in [-0.15, -0.1) is 0 Å². The number of aliphatic hydroxyl groups is 1. The van der Waals surface area contributed by atoms with Crippen molar-refractivity contribution >= 4 is 0 Å². The molecule has 162 valence electrons. The Kier molecular flexibility index (Phi) is 5.26. The quantitative estimate of drug-likeness (QED) is 0.735. The van der Waals surface area contributed by atoms with Crippen molar-refractivity contribution in [1.29, 1.82) is 0 Å². The lowest BCUT2D eigenvalue weighted by molar-refractivity contribution is -0.194. The van der Waals surface area contributed by atoms with Crippen LogP contribution in [0.4, 0.5) is 17.6 Å². The fraction of sp³-hybridized carbons (Fsp3) is 0.429. The number of methoxy groups -OCH3 is 1. The van der Waals surface area contributed by atoms with Crippen LogP contribution in [0.25, 0.3) is 0 Å². The van der Waals surface area contributed by atoms with E-state index in [2.05, 4.69) is 5.32 Å². The Morgan fingerprint density at radius 3 is 2.53 bits per heavy atom. The highest BCUT2D eigenvalue weighted by molar-refractivity contribution is 5.43. The Balaban J connectivity index is 1.63. The number of halogens is 4. The molecule has 0 aromatic heterocycles. The highest BCUT2D eigenvalue weighted by atomic mass is 19.4. The molecule has 2 aliphatic rings. The SMILES string of the molecule is COc1ccc(C(F)(F)F)cc1[C@]1(O)COCC2(C1)N[C@@H](c1ccc(F)cc1)CO2. The molecule has 30 heavy (non-hydrogen) atoms. The number of hydrogen-bond donors (Lipinski definition) is 2. The third kappa shape index (κ3) is 3.90. The number of hydrogen-bond acceptors (Lipinski definition) is 5. The molecule has 9 heteroatoms. The van der Waals surface area contributed by atoms with Crippen molar-refractivity contribution in [3.63, 3.8) is 0 Å². The van der Waals surface area contributed by atoms with Crippen molar-refractivity contribution in [2.75, 3.05) is 26.9 Å². The molecule has 0 bridgehead atoms. The fourth-order valence-electron chi connectivity index (χ4n) is 4.08. The number of benzene rings is 2. The first-order valence-electron chi connectivity index (χ1n) is 9.37. The maximum absolute atomic E-state index is 13.2. The number of rotatable bonds is 3. The van der Waals surface area contributed by atoms with Gasteiger partial charge in [-0.1, -0.05) is 12.1 Å². The van der Waals surface area contributed by atoms with Crippen LogP contribution in [0.3, 0.4) is 0 Å². The van der Waals surface area contributed by atoms with Gasteiger partial charge in [0.15, 0.2) is 0 Å². The van der Waals surface area contributed by atoms with Crippen LogP contribution in [0.1, 0.15) is 29.2 Å². The van der Waals surface area contributed by atoms with Crippen LogP contribution in [0.15, 0.2) is 42.5 Å². The molecule has 0 amide bonds. The molecule has 5 nitrogen and oxygen atoms in total. The van der Waals surface area contributed by atoms with Gasteiger partial charge >= 0.3 is 6.18 Å². The monoisotopic (exact) mass is 427 g/mol. The predicted molar refractivity (Wildman–Crippen MR) is 98.3 cm³/mol. The molecule has 3 atom stereocenters. The second-order valence-electron chi connectivity index (χ2n) is 7.67. The third-order valence-corrected chi connectivity index (χ3v) is 5.52. The lowest BCUT2D eigenvalue weighted by Gasteiger charge is -2.43. The fourth-order valence-corrected chi connectivity index (χ4v) is 4.08. The highest BCUT2D eigenvalue weighted by Crippen LogP contribution is 2.44. The van der Waals surface area contributed by atoms with Gasteiger partial charge in [0.2, 0.25) is 0 Å². The maximum Gasteiger partial charge on any atom is 0.416 e. The van der Waals surface area contributed by atoms with E-state index in [4.69, 9.17) is 14.2 Å². The second-order valence-corrected chi connectivity index (χ2v) is 7.67. The normalized spacial score (nSPS) is 29.3. The molecule has 2 heterocycles. The molecule has 0 aliphatic carbocycles. The Hall–Kier alpha value is -2.20. The van der Waals surface area contributed by atoms with Crippen LogP contribution >= 0.6 is 0 Å². The molecule has 2 N–H and O–H groups in total. The summed E-state index contributed by atoms with van der Waals surface area (Å²) in [7, 11) is 1.32. The third-order valence-electron chi connectivity index (χ3n) is 5.52. The van der Waals surface area contributed by atoms with E-state index in [1.807, 2.05) is 0 Å². The summed E-state index contributed by atoms with van der Waals surface area (Å²) in [6.07, 6.45) is -4.62. The minimum atomic E-state index is -4.57. The van der Waals surface area contributed by atoms with E-state index in [9.17, 15) is 22.7 Å². The molecule has 2 aliphatic heterocycles. The van der Waals surface area contributed by atoms with E-state index >= 15 is 0 Å².